The molecule has 4 N–H and O–H groups in total. The minimum Gasteiger partial charge on any atom is -0.508 e. The van der Waals surface area contributed by atoms with Crippen LogP contribution in [0.5, 0.6) is 23.0 Å². The quantitative estimate of drug-likeness (QED) is 0.0619. The monoisotopic (exact) mass is 2040 g/mol. The van der Waals surface area contributed by atoms with Crippen LogP contribution in [0.15, 0.2) is 170 Å². The van der Waals surface area contributed by atoms with Crippen molar-refractivity contribution in [2.24, 2.45) is 45.8 Å². The normalized spacial score (nSPS) is 28.5. The molecule has 0 spiro atoms. The Kier molecular flexibility index (Phi) is 34.6. The zero-order valence-electron chi connectivity index (χ0n) is 77.9. The van der Waals surface area contributed by atoms with Gasteiger partial charge in [0, 0.05) is 109 Å². The van der Waals surface area contributed by atoms with E-state index in [4.69, 9.17) is 126 Å². The SMILES string of the molecule is COCBr.COC[C@@]12CC[C@@H](c3ccc(OC)cc3Cl)[C@H](c3ccc(Cl)cc3)[C@@H]1[C@@H](C)N(C(=O)OC(C)(C)C)C2=O.COC[C@@]12CC[C@@H](c3ccc(OC)cc3Cl)[C@H](c3ccc(Cl)cc3)[C@@H]1[C@@H](C)NC2=O.COc1ccc([C@@H]2CC[C@@H]3C(=O)N(C(=O)OC(C)(C)C)[C@H](C)[C@H]3[C@H]2c2ccc(Cl)cc2)c(Cl)c1.C[C@H]1NC(=O)[C@]2(CO)CC[C@@H](c3ccc(O)cc3Cl)[C@H](c3ccc(Cl)cc3)[C@H]12. The predicted octanol–water partition coefficient (Wildman–Crippen LogP) is 25.0. The van der Waals surface area contributed by atoms with E-state index in [1.165, 1.54) is 15.4 Å². The highest BCUT2D eigenvalue weighted by atomic mass is 79.9. The second-order valence-electron chi connectivity index (χ2n) is 38.3. The Balaban J connectivity index is 0.000000158. The number of aromatic hydroxyl groups is 1. The number of carbonyl (C=O) groups excluding carboxylic acids is 6. The van der Waals surface area contributed by atoms with Crippen LogP contribution in [-0.4, -0.2) is 159 Å². The standard InChI is InChI=1S/C29H35Cl2NO5.C27H31Cl2NO4.C24H27Cl2NO3.C22H23Cl2NO3.C2H5BrO/c1-17-25-24(18-7-9-19(30)10-8-18)22(21-12-11-20(36-6)15-23(21)31)13-14-29(25,16-35-5)26(33)32(17)27(34)37-28(2,3)4;1-15-23-21(25(31)30(15)26(32)34-27(2,3)4)13-12-20(19-11-10-18(33-5)14-22(19)29)24(23)16-6-8-17(28)9-7-16;1-14-22-21(15-4-6-16(25)7-5-15)19(18-9-8-17(30-3)12-20(18)26)10-11-24(22,13-29-2)23(28)27-14;1-12-20-19(13-2-4-14(23)5-3-13)17(16-7-6-15(27)10-18(16)24)8-9-22(20,11-26)21(28)25-12;1-4-2-3/h7-12,15,17,22,24-25H,13-14,16H2,1-6H3;6-11,14-15,20-21,23-24H,12-13H2,1-5H3;4-9,12,14,19,21-22H,10-11,13H2,1-3H3,(H,27,28);2-7,10,12,17,19-20,26-27H,8-9,11H2,1H3,(H,25,28);2H2,1H3/t17-,22+,24+,25+,29+;15-,20+,21+,23-,24+;14-,19+,21+,22+,24+;12-,17+,19+,20+,22+;/m1111./s1. The molecule has 0 aromatic heterocycles. The number of benzene rings is 8. The zero-order valence-corrected chi connectivity index (χ0v) is 85.5. The van der Waals surface area contributed by atoms with E-state index in [1.54, 1.807) is 96.3 Å². The average Bonchev–Trinajstić information content (AvgIpc) is 1.55. The number of aliphatic hydroxyl groups excluding tert-OH is 1. The van der Waals surface area contributed by atoms with Gasteiger partial charge in [0.05, 0.1) is 57.4 Å². The number of phenols is 1. The maximum absolute atomic E-state index is 14.1. The number of halogens is 9. The molecule has 0 unspecified atom stereocenters. The lowest BCUT2D eigenvalue weighted by molar-refractivity contribution is -0.141. The van der Waals surface area contributed by atoms with Crippen molar-refractivity contribution in [3.8, 4) is 23.0 Å². The fraction of sp³-hybridized carbons (Fsp3) is 0.481. The fourth-order valence-corrected chi connectivity index (χ4v) is 25.0. The Labute approximate surface area is 830 Å². The molecule has 8 fully saturated rings. The molecule has 0 bridgehead atoms. The Bertz CT molecular complexity index is 5440. The molecule has 4 aliphatic carbocycles. The number of phenolic OH excluding ortho intramolecular Hbond substituents is 1. The van der Waals surface area contributed by atoms with Gasteiger partial charge in [-0.05, 0) is 315 Å². The molecule has 20 atom stereocenters. The molecule has 6 amide bonds. The highest BCUT2D eigenvalue weighted by Crippen LogP contribution is 2.65. The van der Waals surface area contributed by atoms with Crippen molar-refractivity contribution in [1.82, 2.24) is 20.4 Å². The van der Waals surface area contributed by atoms with E-state index in [9.17, 15) is 39.0 Å². The molecular weight excluding hydrogens is 1920 g/mol. The van der Waals surface area contributed by atoms with Gasteiger partial charge in [0.1, 0.15) is 39.7 Å². The number of fused-ring (bicyclic) bond motifs is 4. The number of alkyl halides is 1. The van der Waals surface area contributed by atoms with E-state index in [2.05, 4.69) is 56.4 Å². The van der Waals surface area contributed by atoms with E-state index < -0.39 is 45.7 Å². The van der Waals surface area contributed by atoms with E-state index in [0.29, 0.717) is 89.5 Å². The third kappa shape index (κ3) is 22.0. The van der Waals surface area contributed by atoms with Gasteiger partial charge in [-0.3, -0.25) is 19.2 Å². The van der Waals surface area contributed by atoms with Crippen molar-refractivity contribution in [2.75, 3.05) is 68.0 Å². The Morgan fingerprint density at radius 1 is 0.414 bits per heavy atom. The molecule has 16 rings (SSSR count). The van der Waals surface area contributed by atoms with Crippen LogP contribution in [0.4, 0.5) is 9.59 Å². The minimum atomic E-state index is -0.870. The third-order valence-corrected chi connectivity index (χ3v) is 31.3. The van der Waals surface area contributed by atoms with Crippen LogP contribution in [0.2, 0.25) is 40.2 Å². The van der Waals surface area contributed by atoms with Gasteiger partial charge in [-0.2, -0.15) is 0 Å². The van der Waals surface area contributed by atoms with E-state index in [0.717, 1.165) is 70.4 Å². The molecule has 4 saturated heterocycles. The van der Waals surface area contributed by atoms with E-state index >= 15 is 0 Å². The van der Waals surface area contributed by atoms with Gasteiger partial charge in [-0.15, -0.1) is 0 Å². The molecule has 8 aliphatic rings. The van der Waals surface area contributed by atoms with Crippen molar-refractivity contribution >= 4 is 145 Å². The number of hydrogen-bond donors (Lipinski definition) is 4. The number of imide groups is 2. The summed E-state index contributed by atoms with van der Waals surface area (Å²) in [4.78, 5) is 82.5. The Hall–Kier alpha value is -7.58. The predicted molar refractivity (Wildman–Crippen MR) is 528 cm³/mol. The lowest BCUT2D eigenvalue weighted by Gasteiger charge is -2.47. The number of carbonyl (C=O) groups is 6. The van der Waals surface area contributed by atoms with Gasteiger partial charge in [0.2, 0.25) is 23.6 Å². The second kappa shape index (κ2) is 44.1. The average molecular weight is 2050 g/mol. The number of aliphatic hydroxyl groups is 1. The lowest BCUT2D eigenvalue weighted by atomic mass is 9.55. The molecule has 716 valence electrons. The topological polar surface area (TPSA) is 247 Å². The fourth-order valence-electron chi connectivity index (χ4n) is 23.3. The van der Waals surface area contributed by atoms with E-state index in [-0.39, 0.29) is 138 Å². The number of hydrogen-bond acceptors (Lipinski definition) is 16. The largest absolute Gasteiger partial charge is 0.508 e. The Morgan fingerprint density at radius 3 is 1.10 bits per heavy atom. The number of nitrogens with one attached hydrogen (secondary N) is 2. The maximum Gasteiger partial charge on any atom is 0.417 e. The highest BCUT2D eigenvalue weighted by Gasteiger charge is 2.67. The summed E-state index contributed by atoms with van der Waals surface area (Å²) in [6.07, 6.45) is 4.44. The van der Waals surface area contributed by atoms with Gasteiger partial charge in [0.25, 0.3) is 0 Å². The first kappa shape index (κ1) is 104. The molecular formula is C104H121BrCl8N4O16. The number of amides is 6. The summed E-state index contributed by atoms with van der Waals surface area (Å²) in [7, 11) is 9.77. The minimum absolute atomic E-state index is 0.00315. The smallest absolute Gasteiger partial charge is 0.417 e. The van der Waals surface area contributed by atoms with Crippen molar-refractivity contribution < 1.29 is 76.9 Å². The van der Waals surface area contributed by atoms with Crippen molar-refractivity contribution in [3.63, 3.8) is 0 Å². The molecule has 4 heterocycles. The molecule has 8 aromatic rings. The van der Waals surface area contributed by atoms with Crippen LogP contribution in [0, 0.1) is 45.8 Å². The number of nitrogens with zero attached hydrogens (tertiary/aromatic N) is 2. The number of ether oxygens (including phenoxy) is 8. The lowest BCUT2D eigenvalue weighted by Crippen LogP contribution is -2.47. The van der Waals surface area contributed by atoms with Crippen LogP contribution in [0.1, 0.15) is 212 Å². The number of likely N-dealkylation sites (tertiary alicyclic amines) is 2. The number of methoxy groups -OCH3 is 6. The molecule has 20 nitrogen and oxygen atoms in total. The van der Waals surface area contributed by atoms with Crippen molar-refractivity contribution in [1.29, 1.82) is 0 Å². The first-order valence-electron chi connectivity index (χ1n) is 45.0. The van der Waals surface area contributed by atoms with Gasteiger partial charge in [-0.25, -0.2) is 19.4 Å². The van der Waals surface area contributed by atoms with Crippen LogP contribution >= 0.6 is 109 Å². The van der Waals surface area contributed by atoms with Gasteiger partial charge >= 0.3 is 12.2 Å². The van der Waals surface area contributed by atoms with Crippen molar-refractivity contribution in [3.05, 3.63) is 255 Å². The van der Waals surface area contributed by atoms with Gasteiger partial charge < -0.3 is 58.7 Å². The number of rotatable bonds is 17. The summed E-state index contributed by atoms with van der Waals surface area (Å²) in [5.74, 6) is 1.61. The van der Waals surface area contributed by atoms with Crippen molar-refractivity contribution in [2.45, 2.75) is 203 Å². The molecule has 29 heteroatoms. The first-order valence-corrected chi connectivity index (χ1v) is 49.2. The molecule has 4 aliphatic heterocycles. The molecule has 8 aromatic carbocycles. The van der Waals surface area contributed by atoms with E-state index in [1.807, 2.05) is 160 Å². The summed E-state index contributed by atoms with van der Waals surface area (Å²) >= 11 is 54.5. The van der Waals surface area contributed by atoms with Crippen LogP contribution < -0.4 is 24.8 Å². The summed E-state index contributed by atoms with van der Waals surface area (Å²) in [5.41, 5.74) is 5.46. The maximum atomic E-state index is 14.1. The molecule has 4 saturated carbocycles. The first-order chi connectivity index (χ1) is 63.1. The van der Waals surface area contributed by atoms with Crippen LogP contribution in [-0.2, 0) is 42.9 Å². The van der Waals surface area contributed by atoms with Crippen LogP contribution in [0.25, 0.3) is 0 Å². The zero-order chi connectivity index (χ0) is 96.8. The summed E-state index contributed by atoms with van der Waals surface area (Å²) < 4.78 is 43.0. The second-order valence-corrected chi connectivity index (χ2v) is 42.1. The summed E-state index contributed by atoms with van der Waals surface area (Å²) in [5, 5.41) is 31.4. The summed E-state index contributed by atoms with van der Waals surface area (Å²) in [6.45, 7) is 19.3. The highest BCUT2D eigenvalue weighted by molar-refractivity contribution is 9.09. The van der Waals surface area contributed by atoms with Crippen LogP contribution in [0.3, 0.4) is 0 Å². The van der Waals surface area contributed by atoms with Gasteiger partial charge in [-0.1, -0.05) is 182 Å². The molecule has 133 heavy (non-hydrogen) atoms. The Morgan fingerprint density at radius 2 is 0.737 bits per heavy atom. The van der Waals surface area contributed by atoms with Gasteiger partial charge in [0.15, 0.2) is 0 Å². The third-order valence-electron chi connectivity index (χ3n) is 28.6. The summed E-state index contributed by atoms with van der Waals surface area (Å²) in [6, 6.07) is 53.0. The molecule has 0 radical (unpaired) electrons.